The van der Waals surface area contributed by atoms with Crippen LogP contribution in [0.25, 0.3) is 0 Å². The molecule has 2 rings (SSSR count). The van der Waals surface area contributed by atoms with Gasteiger partial charge in [-0.1, -0.05) is 97.8 Å². The van der Waals surface area contributed by atoms with Crippen molar-refractivity contribution < 1.29 is 38.6 Å². The number of carbonyl (C=O) groups excluding carboxylic acids is 2. The number of benzene rings is 2. The molecule has 2 radical (unpaired) electrons. The molecule has 8 heteroatoms. The van der Waals surface area contributed by atoms with Crippen LogP contribution in [0.4, 0.5) is 0 Å². The Labute approximate surface area is 264 Å². The summed E-state index contributed by atoms with van der Waals surface area (Å²) in [6.45, 7) is 9.48. The minimum atomic E-state index is -0.703. The lowest BCUT2D eigenvalue weighted by Gasteiger charge is -2.14. The molecule has 0 heterocycles. The van der Waals surface area contributed by atoms with E-state index in [2.05, 4.69) is 20.8 Å². The molecule has 8 nitrogen and oxygen atoms in total. The SMILES string of the molecule is [CH2]CCCCCCCC[C](OOC(=O)c1ccc(OCCCCCC)cc1)OOC(=O)c1ccc(OCCCCCC)cc1. The van der Waals surface area contributed by atoms with Gasteiger partial charge in [0.25, 0.3) is 0 Å². The molecule has 0 bridgehead atoms. The average Bonchev–Trinajstić information content (AvgIpc) is 3.05. The molecular weight excluding hydrogens is 560 g/mol. The van der Waals surface area contributed by atoms with Gasteiger partial charge in [0.15, 0.2) is 0 Å². The molecule has 0 saturated heterocycles. The van der Waals surface area contributed by atoms with Crippen molar-refractivity contribution in [2.75, 3.05) is 13.2 Å². The van der Waals surface area contributed by atoms with Gasteiger partial charge < -0.3 is 9.47 Å². The van der Waals surface area contributed by atoms with Crippen molar-refractivity contribution in [1.29, 1.82) is 0 Å². The largest absolute Gasteiger partial charge is 0.494 e. The second kappa shape index (κ2) is 24.2. The molecule has 0 aliphatic rings. The Morgan fingerprint density at radius 3 is 1.36 bits per heavy atom. The van der Waals surface area contributed by atoms with Crippen LogP contribution in [-0.4, -0.2) is 25.2 Å². The first-order chi connectivity index (χ1) is 21.6. The predicted octanol–water partition coefficient (Wildman–Crippen LogP) is 9.93. The van der Waals surface area contributed by atoms with E-state index in [0.717, 1.165) is 64.2 Å². The Balaban J connectivity index is 1.84. The molecule has 0 amide bonds. The molecule has 2 aromatic carbocycles. The highest BCUT2D eigenvalue weighted by atomic mass is 17.3. The Morgan fingerprint density at radius 2 is 0.932 bits per heavy atom. The standard InChI is InChI=1S/C36H52O8/c1-4-7-10-13-14-15-16-19-34(41-43-35(37)30-20-24-32(25-21-30)39-28-17-11-8-5-2)42-44-36(38)31-22-26-33(27-23-31)40-29-18-12-9-6-3/h20-27H,1,4-19,28-29H2,2-3H3. The molecule has 244 valence electrons. The summed E-state index contributed by atoms with van der Waals surface area (Å²) in [5, 5.41) is 0. The van der Waals surface area contributed by atoms with Crippen molar-refractivity contribution in [2.24, 2.45) is 0 Å². The van der Waals surface area contributed by atoms with Crippen molar-refractivity contribution in [3.05, 3.63) is 72.9 Å². The first-order valence-electron chi connectivity index (χ1n) is 16.5. The molecular formula is C36H52O8. The normalized spacial score (nSPS) is 11.0. The van der Waals surface area contributed by atoms with Crippen LogP contribution >= 0.6 is 0 Å². The minimum absolute atomic E-state index is 0.108. The van der Waals surface area contributed by atoms with Gasteiger partial charge in [-0.05, 0) is 67.8 Å². The number of unbranched alkanes of at least 4 members (excludes halogenated alkanes) is 12. The molecule has 44 heavy (non-hydrogen) atoms. The summed E-state index contributed by atoms with van der Waals surface area (Å²) in [6.07, 6.45) is 16.2. The summed E-state index contributed by atoms with van der Waals surface area (Å²) in [7, 11) is 0. The van der Waals surface area contributed by atoms with E-state index in [1.54, 1.807) is 48.5 Å². The van der Waals surface area contributed by atoms with E-state index in [4.69, 9.17) is 29.0 Å². The van der Waals surface area contributed by atoms with E-state index in [1.165, 1.54) is 25.7 Å². The molecule has 0 atom stereocenters. The van der Waals surface area contributed by atoms with Crippen LogP contribution in [0.3, 0.4) is 0 Å². The van der Waals surface area contributed by atoms with Gasteiger partial charge in [0.2, 0.25) is 0 Å². The second-order valence-corrected chi connectivity index (χ2v) is 10.9. The number of hydrogen-bond donors (Lipinski definition) is 0. The fourth-order valence-corrected chi connectivity index (χ4v) is 4.33. The Bertz CT molecular complexity index is 932. The van der Waals surface area contributed by atoms with E-state index >= 15 is 0 Å². The lowest BCUT2D eigenvalue weighted by molar-refractivity contribution is -0.363. The summed E-state index contributed by atoms with van der Waals surface area (Å²) in [4.78, 5) is 45.7. The number of hydrogen-bond acceptors (Lipinski definition) is 8. The first-order valence-corrected chi connectivity index (χ1v) is 16.5. The van der Waals surface area contributed by atoms with Crippen LogP contribution < -0.4 is 9.47 Å². The Morgan fingerprint density at radius 1 is 0.523 bits per heavy atom. The molecule has 0 aliphatic heterocycles. The van der Waals surface area contributed by atoms with E-state index in [9.17, 15) is 9.59 Å². The molecule has 0 saturated carbocycles. The van der Waals surface area contributed by atoms with Crippen LogP contribution in [0, 0.1) is 13.2 Å². The third-order valence-electron chi connectivity index (χ3n) is 7.01. The number of rotatable bonds is 26. The van der Waals surface area contributed by atoms with E-state index in [-0.39, 0.29) is 17.4 Å². The lowest BCUT2D eigenvalue weighted by Crippen LogP contribution is -2.16. The maximum Gasteiger partial charge on any atom is 0.373 e. The summed E-state index contributed by atoms with van der Waals surface area (Å²) in [5.41, 5.74) is 0.579. The van der Waals surface area contributed by atoms with Crippen molar-refractivity contribution in [3.8, 4) is 11.5 Å². The Hall–Kier alpha value is -3.10. The first kappa shape index (κ1) is 37.1. The maximum absolute atomic E-state index is 12.6. The molecule has 0 spiro atoms. The summed E-state index contributed by atoms with van der Waals surface area (Å²) >= 11 is 0. The third kappa shape index (κ3) is 16.7. The quantitative estimate of drug-likeness (QED) is 0.0589. The summed E-state index contributed by atoms with van der Waals surface area (Å²) in [5.74, 6) is -0.0396. The zero-order valence-corrected chi connectivity index (χ0v) is 26.8. The van der Waals surface area contributed by atoms with Gasteiger partial charge in [0.1, 0.15) is 11.5 Å². The minimum Gasteiger partial charge on any atom is -0.494 e. The van der Waals surface area contributed by atoms with Gasteiger partial charge in [0, 0.05) is 6.42 Å². The molecule has 0 unspecified atom stereocenters. The topological polar surface area (TPSA) is 89.5 Å². The zero-order valence-electron chi connectivity index (χ0n) is 26.8. The zero-order chi connectivity index (χ0) is 31.7. The van der Waals surface area contributed by atoms with E-state index < -0.39 is 11.9 Å². The fraction of sp³-hybridized carbons (Fsp3) is 0.556. The van der Waals surface area contributed by atoms with Gasteiger partial charge in [-0.3, -0.25) is 9.78 Å². The van der Waals surface area contributed by atoms with Crippen LogP contribution in [0.15, 0.2) is 48.5 Å². The highest BCUT2D eigenvalue weighted by Gasteiger charge is 2.21. The van der Waals surface area contributed by atoms with Crippen LogP contribution in [0.5, 0.6) is 11.5 Å². The fourth-order valence-electron chi connectivity index (χ4n) is 4.33. The third-order valence-corrected chi connectivity index (χ3v) is 7.01. The molecule has 0 aromatic heterocycles. The maximum atomic E-state index is 12.6. The van der Waals surface area contributed by atoms with Gasteiger partial charge in [-0.25, -0.2) is 9.59 Å². The monoisotopic (exact) mass is 612 g/mol. The van der Waals surface area contributed by atoms with E-state index in [1.807, 2.05) is 0 Å². The number of carbonyl (C=O) groups is 2. The average molecular weight is 613 g/mol. The highest BCUT2D eigenvalue weighted by Crippen LogP contribution is 2.21. The van der Waals surface area contributed by atoms with Crippen molar-refractivity contribution in [1.82, 2.24) is 0 Å². The van der Waals surface area contributed by atoms with Gasteiger partial charge in [-0.15, -0.1) is 9.78 Å². The predicted molar refractivity (Wildman–Crippen MR) is 171 cm³/mol. The van der Waals surface area contributed by atoms with Crippen molar-refractivity contribution >= 4 is 11.9 Å². The smallest absolute Gasteiger partial charge is 0.373 e. The van der Waals surface area contributed by atoms with E-state index in [0.29, 0.717) is 37.6 Å². The lowest BCUT2D eigenvalue weighted by atomic mass is 10.1. The van der Waals surface area contributed by atoms with Crippen LogP contribution in [0.2, 0.25) is 0 Å². The molecule has 2 aromatic rings. The van der Waals surface area contributed by atoms with Gasteiger partial charge >= 0.3 is 18.2 Å². The van der Waals surface area contributed by atoms with Gasteiger partial charge in [-0.2, -0.15) is 0 Å². The molecule has 0 N–H and O–H groups in total. The Kier molecular flexibility index (Phi) is 20.4. The van der Waals surface area contributed by atoms with Gasteiger partial charge in [0.05, 0.1) is 24.3 Å². The summed E-state index contributed by atoms with van der Waals surface area (Å²) < 4.78 is 11.5. The number of ether oxygens (including phenoxy) is 2. The highest BCUT2D eigenvalue weighted by molar-refractivity contribution is 5.89. The molecule has 0 fully saturated rings. The van der Waals surface area contributed by atoms with Crippen LogP contribution in [0.1, 0.15) is 137 Å². The molecule has 0 aliphatic carbocycles. The van der Waals surface area contributed by atoms with Crippen LogP contribution in [-0.2, 0) is 19.6 Å². The van der Waals surface area contributed by atoms with Crippen molar-refractivity contribution in [3.63, 3.8) is 0 Å². The summed E-state index contributed by atoms with van der Waals surface area (Å²) in [6, 6.07) is 13.3. The van der Waals surface area contributed by atoms with Crippen molar-refractivity contribution in [2.45, 2.75) is 117 Å². The second-order valence-electron chi connectivity index (χ2n) is 10.9.